The molecule has 7 aliphatic heterocycles. The fourth-order valence-electron chi connectivity index (χ4n) is 13.5. The van der Waals surface area contributed by atoms with Crippen LogP contribution in [0, 0.1) is 64.3 Å². The van der Waals surface area contributed by atoms with E-state index in [0.29, 0.717) is 64.5 Å². The summed E-state index contributed by atoms with van der Waals surface area (Å²) < 4.78 is 292. The molecule has 4 aromatic carbocycles. The smallest absolute Gasteiger partial charge is 0.414 e. The predicted octanol–water partition coefficient (Wildman–Crippen LogP) is 14.2. The molecule has 0 radical (unpaired) electrons. The number of benzene rings is 4. The summed E-state index contributed by atoms with van der Waals surface area (Å²) in [4.78, 5) is 64.0. The molecule has 0 unspecified atom stereocenters. The van der Waals surface area contributed by atoms with E-state index >= 15 is 0 Å². The Balaban J connectivity index is 0.000000228. The number of halogens is 12. The minimum atomic E-state index is -4.10. The molecule has 3 fully saturated rings. The van der Waals surface area contributed by atoms with Gasteiger partial charge in [0.15, 0.2) is 51.3 Å². The van der Waals surface area contributed by atoms with Crippen LogP contribution in [-0.4, -0.2) is 207 Å². The van der Waals surface area contributed by atoms with Crippen molar-refractivity contribution in [3.05, 3.63) is 156 Å². The van der Waals surface area contributed by atoms with Gasteiger partial charge < -0.3 is 34.2 Å². The van der Waals surface area contributed by atoms with Crippen molar-refractivity contribution < 1.29 is 130 Å². The molecule has 7 heterocycles. The van der Waals surface area contributed by atoms with Gasteiger partial charge in [0.2, 0.25) is 63.9 Å². The first-order valence-electron chi connectivity index (χ1n) is 39.7. The number of rotatable bonds is 10. The number of sulfonamides is 4. The van der Waals surface area contributed by atoms with Crippen LogP contribution in [-0.2, 0) is 90.7 Å². The maximum atomic E-state index is 15.0. The fourth-order valence-corrected chi connectivity index (χ4v) is 19.7. The van der Waals surface area contributed by atoms with Crippen molar-refractivity contribution in [1.82, 2.24) is 33.2 Å². The molecule has 0 aliphatic carbocycles. The van der Waals surface area contributed by atoms with Crippen LogP contribution in [0.15, 0.2) is 84.9 Å². The van der Waals surface area contributed by atoms with E-state index in [4.69, 9.17) is 34.2 Å². The number of nitrogens with zero attached hydrogens (tertiary/aromatic N) is 8. The molecule has 0 saturated carbocycles. The van der Waals surface area contributed by atoms with Gasteiger partial charge in [0.05, 0.1) is 23.0 Å². The van der Waals surface area contributed by atoms with Crippen molar-refractivity contribution in [2.45, 2.75) is 174 Å². The van der Waals surface area contributed by atoms with Gasteiger partial charge >= 0.3 is 18.3 Å². The van der Waals surface area contributed by atoms with E-state index in [1.807, 2.05) is 0 Å². The summed E-state index contributed by atoms with van der Waals surface area (Å²) in [5.41, 5.74) is -5.61. The second kappa shape index (κ2) is 41.4. The largest absolute Gasteiger partial charge is 0.444 e. The minimum absolute atomic E-state index is 0.0253. The van der Waals surface area contributed by atoms with E-state index in [9.17, 15) is 101 Å². The summed E-state index contributed by atoms with van der Waals surface area (Å²) in [6.07, 6.45) is 5.00. The number of hydrogen-bond acceptors (Lipinski definition) is 23. The number of hydrogen-bond donors (Lipinski definition) is 4. The molecule has 46 heteroatoms. The van der Waals surface area contributed by atoms with E-state index in [2.05, 4.69) is 58.8 Å². The number of nitrogens with one attached hydrogen (secondary N) is 3. The van der Waals surface area contributed by atoms with Gasteiger partial charge in [0.1, 0.15) is 56.9 Å². The lowest BCUT2D eigenvalue weighted by Gasteiger charge is -2.36. The summed E-state index contributed by atoms with van der Waals surface area (Å²) in [5.74, 6) is -15.4. The number of allylic oxidation sites excluding steroid dienone is 2. The highest BCUT2D eigenvalue weighted by Crippen LogP contribution is 2.42. The number of aldehydes is 1. The first kappa shape index (κ1) is 106. The lowest BCUT2D eigenvalue weighted by Crippen LogP contribution is -2.54. The van der Waals surface area contributed by atoms with Crippen LogP contribution in [0.1, 0.15) is 185 Å². The summed E-state index contributed by atoms with van der Waals surface area (Å²) in [7, 11) is -11.4. The lowest BCUT2D eigenvalue weighted by molar-refractivity contribution is 0.0546. The van der Waals surface area contributed by atoms with Crippen molar-refractivity contribution in [2.24, 2.45) is 43.5 Å². The van der Waals surface area contributed by atoms with Gasteiger partial charge in [-0.15, -0.1) is 0 Å². The van der Waals surface area contributed by atoms with Crippen molar-refractivity contribution in [3.63, 3.8) is 0 Å². The van der Waals surface area contributed by atoms with E-state index in [0.717, 1.165) is 99.0 Å². The maximum absolute atomic E-state index is 15.0. The zero-order valence-electron chi connectivity index (χ0n) is 73.6. The quantitative estimate of drug-likeness (QED) is 0.0651. The van der Waals surface area contributed by atoms with Gasteiger partial charge in [0, 0.05) is 107 Å². The molecule has 11 rings (SSSR count). The van der Waals surface area contributed by atoms with E-state index in [-0.39, 0.29) is 45.3 Å². The Labute approximate surface area is 745 Å². The molecule has 7 aliphatic rings. The molecule has 3 amide bonds. The molecule has 5 N–H and O–H groups in total. The van der Waals surface area contributed by atoms with Crippen LogP contribution in [0.25, 0.3) is 18.2 Å². The van der Waals surface area contributed by atoms with Crippen LogP contribution in [0.5, 0.6) is 0 Å². The molecule has 0 bridgehead atoms. The van der Waals surface area contributed by atoms with Gasteiger partial charge in [-0.3, -0.25) is 20.7 Å². The summed E-state index contributed by atoms with van der Waals surface area (Å²) in [5, 5.41) is 6.71. The van der Waals surface area contributed by atoms with Crippen molar-refractivity contribution in [3.8, 4) is 0 Å². The third-order valence-corrected chi connectivity index (χ3v) is 28.3. The number of alkyl carbamates (subject to hydrolysis) is 3. The molecule has 710 valence electrons. The average Bonchev–Trinajstić information content (AvgIpc) is 0.760. The molecule has 128 heavy (non-hydrogen) atoms. The highest BCUT2D eigenvalue weighted by molar-refractivity contribution is 9.11. The zero-order valence-corrected chi connectivity index (χ0v) is 78.5. The van der Waals surface area contributed by atoms with Gasteiger partial charge in [-0.05, 0) is 234 Å². The molecular formula is C82H106BrF11N12O18S4. The lowest BCUT2D eigenvalue weighted by atomic mass is 9.91. The highest BCUT2D eigenvalue weighted by Gasteiger charge is 2.49. The highest BCUT2D eigenvalue weighted by atomic mass is 79.9. The standard InChI is InChI=1S/C23H30F3N3O5S.C18H21BrF3N3O4S.C18H22F3N3O3S.C17H21F2N3O5S.C6H12O/c1-22(2,3)34-21(30)27-20-28-23(4,13-35(31,32)29(20)5)16-10-14(12-18(25)19(16)26)11-17(24)15-6-8-33-9-7-15;1-17(2,3)29-16(26)23-15-24-18(4,9-30(27,28)25(15)5)11-6-10(8-13(19)21)7-12(20)14(11)22;1-18(10-28(25,26)24(2)17(22)23-18)13-7-11(9-15(20)16(13)21)8-14(19)12-3-5-27-6-4-12;1-16(2,3)27-15(24)20-14-21-17(4,9-28(25,26)22(14)5)11-6-10(8-23)7-12(18)13(11)19;1-6-2-4-7-5-3-6/h10-12,15H,6-9,13H2,1-5H3,(H,27,28,30);6-8H,9H2,1-5H3,(H,23,24,26);7-9,12H,3-6,10H2,1-2H3,(H2,22,23);6-8H,9H2,1-5H3,(H,20,21,24);6H,2-5H2,1H3/b17-11-;13-8-;14-8-;;/t23-;2*18-;17-;/m0000./s1. The molecule has 0 aromatic heterocycles. The van der Waals surface area contributed by atoms with Gasteiger partial charge in [-0.25, -0.2) is 129 Å². The second-order valence-electron chi connectivity index (χ2n) is 34.8. The van der Waals surface area contributed by atoms with Crippen LogP contribution in [0.3, 0.4) is 0 Å². The Hall–Kier alpha value is -9.35. The van der Waals surface area contributed by atoms with Gasteiger partial charge in [-0.2, -0.15) is 4.39 Å². The van der Waals surface area contributed by atoms with Crippen LogP contribution < -0.4 is 21.7 Å². The van der Waals surface area contributed by atoms with Crippen molar-refractivity contribution in [1.29, 1.82) is 0 Å². The molecular weight excluding hydrogens is 1860 g/mol. The number of nitrogens with two attached hydrogens (primary N) is 1. The average molecular weight is 1960 g/mol. The number of ether oxygens (including phenoxy) is 6. The Kier molecular flexibility index (Phi) is 34.2. The van der Waals surface area contributed by atoms with Gasteiger partial charge in [-0.1, -0.05) is 6.92 Å². The molecule has 0 spiro atoms. The normalized spacial score (nSPS) is 23.4. The topological polar surface area (TPSA) is 385 Å². The number of carbonyl (C=O) groups is 4. The second-order valence-corrected chi connectivity index (χ2v) is 43.5. The van der Waals surface area contributed by atoms with Crippen molar-refractivity contribution in [2.75, 3.05) is 90.8 Å². The number of guanidine groups is 4. The summed E-state index contributed by atoms with van der Waals surface area (Å²) >= 11 is 2.56. The van der Waals surface area contributed by atoms with Crippen molar-refractivity contribution >= 4 is 123 Å². The zero-order chi connectivity index (χ0) is 96.5. The molecule has 30 nitrogen and oxygen atoms in total. The van der Waals surface area contributed by atoms with Gasteiger partial charge in [0.25, 0.3) is 0 Å². The van der Waals surface area contributed by atoms with E-state index in [1.165, 1.54) is 66.8 Å². The first-order valence-corrected chi connectivity index (χ1v) is 46.9. The van der Waals surface area contributed by atoms with Crippen LogP contribution in [0.4, 0.5) is 62.7 Å². The molecule has 4 aromatic rings. The van der Waals surface area contributed by atoms with E-state index < -0.39 is 218 Å². The Morgan fingerprint density at radius 2 is 0.672 bits per heavy atom. The SMILES string of the molecule is CC1CCOCC1.CN1C(N)=N[C@](C)(c2cc(/C=C(\F)C3CCOCC3)cc(F)c2F)CS1(=O)=O.CN1C(NC(=O)OC(C)(C)C)=N[C@](C)(c2cc(/C=C(\F)Br)cc(F)c2F)CS1(=O)=O.CN1C(NC(=O)OC(C)(C)C)=N[C@](C)(c2cc(/C=C(\F)C3CCOCC3)cc(F)c2F)CS1(=O)=O.CN1C(NC(=O)OC(C)(C)C)=N[C@](C)(c2cc(C=O)cc(F)c2F)CS1(=O)=O. The third-order valence-electron chi connectivity index (χ3n) is 20.3. The van der Waals surface area contributed by atoms with E-state index in [1.54, 1.807) is 62.3 Å². The maximum Gasteiger partial charge on any atom is 0.414 e. The number of amides is 3. The van der Waals surface area contributed by atoms with Crippen LogP contribution >= 0.6 is 15.9 Å². The minimum Gasteiger partial charge on any atom is -0.444 e. The summed E-state index contributed by atoms with van der Waals surface area (Å²) in [6.45, 7) is 25.7. The third kappa shape index (κ3) is 28.1. The first-order chi connectivity index (χ1) is 58.8. The number of aliphatic imine (C=N–C) groups is 4. The number of carbonyl (C=O) groups excluding carboxylic acids is 4. The molecule has 3 saturated heterocycles. The predicted molar refractivity (Wildman–Crippen MR) is 461 cm³/mol. The molecule has 4 atom stereocenters. The Morgan fingerprint density at radius 3 is 0.914 bits per heavy atom. The monoisotopic (exact) mass is 1960 g/mol. The Morgan fingerprint density at radius 1 is 0.430 bits per heavy atom. The Bertz CT molecular complexity index is 5560. The fraction of sp³-hybridized carbons (Fsp3) is 0.537. The van der Waals surface area contributed by atoms with Crippen LogP contribution in [0.2, 0.25) is 0 Å². The summed E-state index contributed by atoms with van der Waals surface area (Å²) in [6, 6.07) is 7.68.